The van der Waals surface area contributed by atoms with Gasteiger partial charge in [0.05, 0.1) is 13.7 Å². The lowest BCUT2D eigenvalue weighted by atomic mass is 10.1. The lowest BCUT2D eigenvalue weighted by Crippen LogP contribution is -2.17. The van der Waals surface area contributed by atoms with Gasteiger partial charge < -0.3 is 9.26 Å². The van der Waals surface area contributed by atoms with Crippen molar-refractivity contribution >= 4 is 0 Å². The van der Waals surface area contributed by atoms with Gasteiger partial charge in [0.1, 0.15) is 5.75 Å². The van der Waals surface area contributed by atoms with Gasteiger partial charge in [-0.25, -0.2) is 0 Å². The lowest BCUT2D eigenvalue weighted by Gasteiger charge is -2.17. The van der Waals surface area contributed by atoms with Gasteiger partial charge >= 0.3 is 0 Å². The number of aromatic nitrogens is 2. The fourth-order valence-electron chi connectivity index (χ4n) is 3.19. The summed E-state index contributed by atoms with van der Waals surface area (Å²) in [5.41, 5.74) is 5.71. The molecule has 1 aromatic heterocycles. The average Bonchev–Trinajstić information content (AvgIpc) is 3.03. The molecule has 0 spiro atoms. The molecule has 2 aromatic carbocycles. The Labute approximate surface area is 154 Å². The molecule has 0 aliphatic heterocycles. The lowest BCUT2D eigenvalue weighted by molar-refractivity contribution is 0.260. The Balaban J connectivity index is 1.67. The first-order valence-corrected chi connectivity index (χ1v) is 8.68. The van der Waals surface area contributed by atoms with E-state index in [0.29, 0.717) is 18.3 Å². The Morgan fingerprint density at radius 1 is 1.00 bits per heavy atom. The van der Waals surface area contributed by atoms with E-state index in [4.69, 9.17) is 9.26 Å². The van der Waals surface area contributed by atoms with Crippen molar-refractivity contribution in [3.63, 3.8) is 0 Å². The van der Waals surface area contributed by atoms with Crippen molar-refractivity contribution in [2.24, 2.45) is 0 Å². The molecule has 0 N–H and O–H groups in total. The number of hydrogen-bond donors (Lipinski definition) is 0. The van der Waals surface area contributed by atoms with E-state index in [1.54, 1.807) is 7.11 Å². The summed E-state index contributed by atoms with van der Waals surface area (Å²) in [7, 11) is 3.76. The zero-order chi connectivity index (χ0) is 18.7. The molecule has 136 valence electrons. The summed E-state index contributed by atoms with van der Waals surface area (Å²) in [4.78, 5) is 6.67. The topological polar surface area (TPSA) is 51.4 Å². The molecule has 0 fully saturated rings. The predicted octanol–water partition coefficient (Wildman–Crippen LogP) is 4.30. The van der Waals surface area contributed by atoms with E-state index in [0.717, 1.165) is 29.0 Å². The van der Waals surface area contributed by atoms with E-state index in [9.17, 15) is 0 Å². The van der Waals surface area contributed by atoms with Gasteiger partial charge in [0.2, 0.25) is 11.7 Å². The molecule has 0 aliphatic carbocycles. The van der Waals surface area contributed by atoms with Crippen LogP contribution in [0.4, 0.5) is 0 Å². The minimum absolute atomic E-state index is 0.600. The van der Waals surface area contributed by atoms with Crippen LogP contribution in [0.5, 0.6) is 5.75 Å². The number of aryl methyl sites for hydroxylation is 3. The number of nitrogens with zero attached hydrogens (tertiary/aromatic N) is 3. The van der Waals surface area contributed by atoms with Crippen LogP contribution >= 0.6 is 0 Å². The highest BCUT2D eigenvalue weighted by Gasteiger charge is 2.12. The molecule has 0 radical (unpaired) electrons. The van der Waals surface area contributed by atoms with E-state index in [1.807, 2.05) is 31.3 Å². The number of rotatable bonds is 6. The second-order valence-corrected chi connectivity index (χ2v) is 6.81. The molecule has 3 aromatic rings. The summed E-state index contributed by atoms with van der Waals surface area (Å²) in [6, 6.07) is 12.4. The van der Waals surface area contributed by atoms with Crippen LogP contribution in [-0.4, -0.2) is 29.2 Å². The molecule has 0 unspecified atom stereocenters. The minimum Gasteiger partial charge on any atom is -0.496 e. The third-order valence-corrected chi connectivity index (χ3v) is 4.36. The molecule has 0 bridgehead atoms. The van der Waals surface area contributed by atoms with Crippen molar-refractivity contribution in [3.8, 4) is 17.1 Å². The molecule has 0 amide bonds. The molecule has 3 rings (SSSR count). The standard InChI is InChI=1S/C21H25N3O2/c1-14-6-8-18(9-7-14)21-22-19(26-23-21)13-24(4)12-17-10-15(2)20(25-5)16(3)11-17/h6-11H,12-13H2,1-5H3. The molecule has 5 heteroatoms. The molecular weight excluding hydrogens is 326 g/mol. The van der Waals surface area contributed by atoms with Crippen LogP contribution in [0.1, 0.15) is 28.1 Å². The maximum absolute atomic E-state index is 5.44. The predicted molar refractivity (Wildman–Crippen MR) is 102 cm³/mol. The summed E-state index contributed by atoms with van der Waals surface area (Å²) in [5, 5.41) is 4.10. The Hall–Kier alpha value is -2.66. The number of ether oxygens (including phenoxy) is 1. The Bertz CT molecular complexity index is 862. The summed E-state index contributed by atoms with van der Waals surface area (Å²) < 4.78 is 10.9. The number of hydrogen-bond acceptors (Lipinski definition) is 5. The summed E-state index contributed by atoms with van der Waals surface area (Å²) in [6.07, 6.45) is 0. The molecule has 0 saturated carbocycles. The largest absolute Gasteiger partial charge is 0.496 e. The number of benzene rings is 2. The Morgan fingerprint density at radius 2 is 1.65 bits per heavy atom. The summed E-state index contributed by atoms with van der Waals surface area (Å²) in [6.45, 7) is 7.60. The van der Waals surface area contributed by atoms with E-state index < -0.39 is 0 Å². The fraction of sp³-hybridized carbons (Fsp3) is 0.333. The Kier molecular flexibility index (Phi) is 5.38. The van der Waals surface area contributed by atoms with Crippen molar-refractivity contribution < 1.29 is 9.26 Å². The van der Waals surface area contributed by atoms with Gasteiger partial charge in [-0.05, 0) is 44.5 Å². The van der Waals surface area contributed by atoms with Gasteiger partial charge in [-0.1, -0.05) is 47.1 Å². The van der Waals surface area contributed by atoms with Crippen LogP contribution in [-0.2, 0) is 13.1 Å². The summed E-state index contributed by atoms with van der Waals surface area (Å²) >= 11 is 0. The molecule has 1 heterocycles. The first-order chi connectivity index (χ1) is 12.5. The highest BCUT2D eigenvalue weighted by molar-refractivity contribution is 5.54. The normalized spacial score (nSPS) is 11.2. The smallest absolute Gasteiger partial charge is 0.241 e. The highest BCUT2D eigenvalue weighted by atomic mass is 16.5. The maximum Gasteiger partial charge on any atom is 0.241 e. The van der Waals surface area contributed by atoms with Gasteiger partial charge in [-0.3, -0.25) is 4.90 Å². The van der Waals surface area contributed by atoms with Crippen LogP contribution in [0.25, 0.3) is 11.4 Å². The molecule has 26 heavy (non-hydrogen) atoms. The molecule has 5 nitrogen and oxygen atoms in total. The van der Waals surface area contributed by atoms with E-state index in [2.05, 4.69) is 47.9 Å². The second kappa shape index (κ2) is 7.70. The fourth-order valence-corrected chi connectivity index (χ4v) is 3.19. The first kappa shape index (κ1) is 18.1. The van der Waals surface area contributed by atoms with Gasteiger partial charge in [-0.2, -0.15) is 4.98 Å². The first-order valence-electron chi connectivity index (χ1n) is 8.68. The van der Waals surface area contributed by atoms with Crippen LogP contribution in [0.15, 0.2) is 40.9 Å². The third-order valence-electron chi connectivity index (χ3n) is 4.36. The van der Waals surface area contributed by atoms with Gasteiger partial charge in [0.25, 0.3) is 0 Å². The van der Waals surface area contributed by atoms with Crippen LogP contribution in [0.2, 0.25) is 0 Å². The Morgan fingerprint density at radius 3 is 2.27 bits per heavy atom. The van der Waals surface area contributed by atoms with E-state index >= 15 is 0 Å². The van der Waals surface area contributed by atoms with Crippen LogP contribution in [0, 0.1) is 20.8 Å². The van der Waals surface area contributed by atoms with E-state index in [-0.39, 0.29) is 0 Å². The molecule has 0 aliphatic rings. The minimum atomic E-state index is 0.600. The van der Waals surface area contributed by atoms with E-state index in [1.165, 1.54) is 11.1 Å². The van der Waals surface area contributed by atoms with Crippen molar-refractivity contribution in [2.75, 3.05) is 14.2 Å². The summed E-state index contributed by atoms with van der Waals surface area (Å²) in [5.74, 6) is 2.20. The third kappa shape index (κ3) is 4.11. The average molecular weight is 351 g/mol. The van der Waals surface area contributed by atoms with Crippen molar-refractivity contribution in [3.05, 3.63) is 64.5 Å². The van der Waals surface area contributed by atoms with Crippen LogP contribution < -0.4 is 4.74 Å². The van der Waals surface area contributed by atoms with Crippen LogP contribution in [0.3, 0.4) is 0 Å². The second-order valence-electron chi connectivity index (χ2n) is 6.81. The zero-order valence-corrected chi connectivity index (χ0v) is 16.0. The van der Waals surface area contributed by atoms with Gasteiger partial charge in [0.15, 0.2) is 0 Å². The zero-order valence-electron chi connectivity index (χ0n) is 16.0. The van der Waals surface area contributed by atoms with Gasteiger partial charge in [-0.15, -0.1) is 0 Å². The van der Waals surface area contributed by atoms with Gasteiger partial charge in [0, 0.05) is 12.1 Å². The molecule has 0 saturated heterocycles. The molecular formula is C21H25N3O2. The van der Waals surface area contributed by atoms with Crippen molar-refractivity contribution in [1.29, 1.82) is 0 Å². The van der Waals surface area contributed by atoms with Crippen molar-refractivity contribution in [1.82, 2.24) is 15.0 Å². The monoisotopic (exact) mass is 351 g/mol. The van der Waals surface area contributed by atoms with Crippen molar-refractivity contribution in [2.45, 2.75) is 33.9 Å². The highest BCUT2D eigenvalue weighted by Crippen LogP contribution is 2.25. The maximum atomic E-state index is 5.44. The SMILES string of the molecule is COc1c(C)cc(CN(C)Cc2nc(-c3ccc(C)cc3)no2)cc1C. The number of methoxy groups -OCH3 is 1. The molecule has 0 atom stereocenters. The quantitative estimate of drug-likeness (QED) is 0.663.